The van der Waals surface area contributed by atoms with Gasteiger partial charge in [-0.1, -0.05) is 24.3 Å². The second-order valence-corrected chi connectivity index (χ2v) is 4.88. The van der Waals surface area contributed by atoms with E-state index in [0.29, 0.717) is 17.7 Å². The highest BCUT2D eigenvalue weighted by atomic mass is 19.1. The van der Waals surface area contributed by atoms with Crippen molar-refractivity contribution in [1.29, 1.82) is 0 Å². The first kappa shape index (κ1) is 14.1. The van der Waals surface area contributed by atoms with E-state index >= 15 is 0 Å². The molecule has 2 aromatic rings. The summed E-state index contributed by atoms with van der Waals surface area (Å²) in [6.45, 7) is 0. The van der Waals surface area contributed by atoms with Crippen LogP contribution in [0.15, 0.2) is 42.5 Å². The second kappa shape index (κ2) is 5.74. The van der Waals surface area contributed by atoms with Gasteiger partial charge in [-0.05, 0) is 35.7 Å². The average molecular weight is 272 g/mol. The standard InChI is InChI=1S/C16H17FN2O/c1-19(2)15-12(6-4-8-14(15)17)9-11-5-3-7-13(10-11)16(18)20/h3-8,10H,9H2,1-2H3,(H2,18,20). The van der Waals surface area contributed by atoms with Gasteiger partial charge in [-0.25, -0.2) is 4.39 Å². The summed E-state index contributed by atoms with van der Waals surface area (Å²) in [5.74, 6) is -0.711. The Morgan fingerprint density at radius 1 is 1.20 bits per heavy atom. The van der Waals surface area contributed by atoms with Crippen LogP contribution in [0.25, 0.3) is 0 Å². The molecule has 0 spiro atoms. The zero-order valence-electron chi connectivity index (χ0n) is 11.6. The van der Waals surface area contributed by atoms with E-state index in [1.807, 2.05) is 26.2 Å². The Hall–Kier alpha value is -2.36. The minimum Gasteiger partial charge on any atom is -0.375 e. The monoisotopic (exact) mass is 272 g/mol. The summed E-state index contributed by atoms with van der Waals surface area (Å²) in [7, 11) is 3.61. The minimum atomic E-state index is -0.459. The summed E-state index contributed by atoms with van der Waals surface area (Å²) in [4.78, 5) is 12.9. The third kappa shape index (κ3) is 2.96. The predicted molar refractivity (Wildman–Crippen MR) is 78.5 cm³/mol. The molecule has 2 aromatic carbocycles. The van der Waals surface area contributed by atoms with Gasteiger partial charge in [0, 0.05) is 19.7 Å². The molecule has 0 saturated carbocycles. The molecule has 104 valence electrons. The van der Waals surface area contributed by atoms with Crippen molar-refractivity contribution < 1.29 is 9.18 Å². The predicted octanol–water partition coefficient (Wildman–Crippen LogP) is 2.58. The highest BCUT2D eigenvalue weighted by molar-refractivity contribution is 5.92. The Morgan fingerprint density at radius 3 is 2.55 bits per heavy atom. The number of halogens is 1. The first-order chi connectivity index (χ1) is 9.49. The number of carbonyl (C=O) groups is 1. The van der Waals surface area contributed by atoms with E-state index in [4.69, 9.17) is 5.73 Å². The van der Waals surface area contributed by atoms with Crippen molar-refractivity contribution in [3.05, 3.63) is 65.0 Å². The van der Waals surface area contributed by atoms with Crippen molar-refractivity contribution in [2.24, 2.45) is 5.73 Å². The third-order valence-corrected chi connectivity index (χ3v) is 3.12. The van der Waals surface area contributed by atoms with Crippen molar-refractivity contribution in [3.8, 4) is 0 Å². The van der Waals surface area contributed by atoms with Gasteiger partial charge in [0.25, 0.3) is 0 Å². The van der Waals surface area contributed by atoms with Gasteiger partial charge >= 0.3 is 0 Å². The Morgan fingerprint density at radius 2 is 1.90 bits per heavy atom. The van der Waals surface area contributed by atoms with Crippen molar-refractivity contribution in [3.63, 3.8) is 0 Å². The van der Waals surface area contributed by atoms with Crippen LogP contribution in [0.5, 0.6) is 0 Å². The lowest BCUT2D eigenvalue weighted by Gasteiger charge is -2.18. The molecule has 0 unspecified atom stereocenters. The number of hydrogen-bond acceptors (Lipinski definition) is 2. The number of carbonyl (C=O) groups excluding carboxylic acids is 1. The van der Waals surface area contributed by atoms with Crippen molar-refractivity contribution in [1.82, 2.24) is 0 Å². The molecule has 0 aliphatic heterocycles. The van der Waals surface area contributed by atoms with Gasteiger partial charge in [-0.3, -0.25) is 4.79 Å². The number of nitrogens with zero attached hydrogens (tertiary/aromatic N) is 1. The molecule has 0 heterocycles. The second-order valence-electron chi connectivity index (χ2n) is 4.88. The lowest BCUT2D eigenvalue weighted by Crippen LogP contribution is -2.14. The maximum atomic E-state index is 13.9. The maximum absolute atomic E-state index is 13.9. The molecule has 1 amide bonds. The number of rotatable bonds is 4. The molecular weight excluding hydrogens is 255 g/mol. The topological polar surface area (TPSA) is 46.3 Å². The fourth-order valence-electron chi connectivity index (χ4n) is 2.26. The molecule has 0 atom stereocenters. The van der Waals surface area contributed by atoms with Crippen LogP contribution in [-0.4, -0.2) is 20.0 Å². The van der Waals surface area contributed by atoms with Gasteiger partial charge in [-0.15, -0.1) is 0 Å². The SMILES string of the molecule is CN(C)c1c(F)cccc1Cc1cccc(C(N)=O)c1. The number of primary amides is 1. The molecule has 0 aliphatic rings. The molecule has 20 heavy (non-hydrogen) atoms. The molecule has 0 fully saturated rings. The number of para-hydroxylation sites is 1. The number of hydrogen-bond donors (Lipinski definition) is 1. The summed E-state index contributed by atoms with van der Waals surface area (Å²) in [5, 5.41) is 0. The fourth-order valence-corrected chi connectivity index (χ4v) is 2.26. The van der Waals surface area contributed by atoms with E-state index in [-0.39, 0.29) is 5.82 Å². The van der Waals surface area contributed by atoms with Crippen LogP contribution in [0.3, 0.4) is 0 Å². The van der Waals surface area contributed by atoms with Gasteiger partial charge in [0.2, 0.25) is 5.91 Å². The first-order valence-electron chi connectivity index (χ1n) is 6.32. The Bertz CT molecular complexity index is 638. The van der Waals surface area contributed by atoms with Crippen molar-refractivity contribution >= 4 is 11.6 Å². The lowest BCUT2D eigenvalue weighted by molar-refractivity contribution is 0.1000. The van der Waals surface area contributed by atoms with E-state index in [1.165, 1.54) is 6.07 Å². The average Bonchev–Trinajstić information content (AvgIpc) is 2.38. The van der Waals surface area contributed by atoms with Crippen LogP contribution >= 0.6 is 0 Å². The minimum absolute atomic E-state index is 0.251. The highest BCUT2D eigenvalue weighted by Crippen LogP contribution is 2.25. The first-order valence-corrected chi connectivity index (χ1v) is 6.32. The van der Waals surface area contributed by atoms with Gasteiger partial charge in [0.05, 0.1) is 5.69 Å². The Kier molecular flexibility index (Phi) is 4.03. The van der Waals surface area contributed by atoms with E-state index in [1.54, 1.807) is 29.2 Å². The fraction of sp³-hybridized carbons (Fsp3) is 0.188. The largest absolute Gasteiger partial charge is 0.375 e. The highest BCUT2D eigenvalue weighted by Gasteiger charge is 2.11. The molecule has 3 nitrogen and oxygen atoms in total. The summed E-state index contributed by atoms with van der Waals surface area (Å²) in [6, 6.07) is 12.1. The van der Waals surface area contributed by atoms with Crippen LogP contribution in [0, 0.1) is 5.82 Å². The van der Waals surface area contributed by atoms with Gasteiger partial charge in [-0.2, -0.15) is 0 Å². The number of anilines is 1. The Labute approximate surface area is 117 Å². The van der Waals surface area contributed by atoms with Crippen LogP contribution in [0.4, 0.5) is 10.1 Å². The van der Waals surface area contributed by atoms with E-state index < -0.39 is 5.91 Å². The quantitative estimate of drug-likeness (QED) is 0.930. The summed E-state index contributed by atoms with van der Waals surface area (Å²) < 4.78 is 13.9. The zero-order valence-corrected chi connectivity index (χ0v) is 11.6. The normalized spacial score (nSPS) is 10.3. The number of nitrogens with two attached hydrogens (primary N) is 1. The molecule has 4 heteroatoms. The molecule has 0 bridgehead atoms. The van der Waals surface area contributed by atoms with Crippen molar-refractivity contribution in [2.45, 2.75) is 6.42 Å². The molecular formula is C16H17FN2O. The van der Waals surface area contributed by atoms with E-state index in [0.717, 1.165) is 11.1 Å². The van der Waals surface area contributed by atoms with Crippen LogP contribution in [-0.2, 0) is 6.42 Å². The molecule has 0 aliphatic carbocycles. The molecule has 2 rings (SSSR count). The van der Waals surface area contributed by atoms with Crippen LogP contribution < -0.4 is 10.6 Å². The molecule has 0 radical (unpaired) electrons. The summed E-state index contributed by atoms with van der Waals surface area (Å²) in [5.41, 5.74) is 8.10. The van der Waals surface area contributed by atoms with Crippen molar-refractivity contribution in [2.75, 3.05) is 19.0 Å². The maximum Gasteiger partial charge on any atom is 0.248 e. The van der Waals surface area contributed by atoms with Gasteiger partial charge in [0.1, 0.15) is 5.82 Å². The number of benzene rings is 2. The zero-order chi connectivity index (χ0) is 14.7. The molecule has 2 N–H and O–H groups in total. The van der Waals surface area contributed by atoms with Gasteiger partial charge in [0.15, 0.2) is 0 Å². The third-order valence-electron chi connectivity index (χ3n) is 3.12. The summed E-state index contributed by atoms with van der Waals surface area (Å²) in [6.07, 6.45) is 0.548. The van der Waals surface area contributed by atoms with E-state index in [9.17, 15) is 9.18 Å². The number of amides is 1. The summed E-state index contributed by atoms with van der Waals surface area (Å²) >= 11 is 0. The lowest BCUT2D eigenvalue weighted by atomic mass is 10.0. The van der Waals surface area contributed by atoms with E-state index in [2.05, 4.69) is 0 Å². The van der Waals surface area contributed by atoms with Crippen LogP contribution in [0.2, 0.25) is 0 Å². The Balaban J connectivity index is 2.37. The van der Waals surface area contributed by atoms with Crippen LogP contribution in [0.1, 0.15) is 21.5 Å². The van der Waals surface area contributed by atoms with Gasteiger partial charge < -0.3 is 10.6 Å². The molecule has 0 aromatic heterocycles. The smallest absolute Gasteiger partial charge is 0.248 e. The molecule has 0 saturated heterocycles.